The summed E-state index contributed by atoms with van der Waals surface area (Å²) in [6.07, 6.45) is 0.825. The number of sulfone groups is 1. The predicted molar refractivity (Wildman–Crippen MR) is 77.3 cm³/mol. The lowest BCUT2D eigenvalue weighted by Gasteiger charge is -2.08. The smallest absolute Gasteiger partial charge is 0.164 e. The molecule has 0 spiro atoms. The van der Waals surface area contributed by atoms with E-state index in [1.807, 2.05) is 25.2 Å². The van der Waals surface area contributed by atoms with Gasteiger partial charge in [0.15, 0.2) is 5.78 Å². The number of ketones is 1. The van der Waals surface area contributed by atoms with E-state index in [1.165, 1.54) is 0 Å². The second kappa shape index (κ2) is 7.40. The Morgan fingerprint density at radius 3 is 2.58 bits per heavy atom. The van der Waals surface area contributed by atoms with E-state index in [4.69, 9.17) is 0 Å². The van der Waals surface area contributed by atoms with Crippen molar-refractivity contribution in [3.05, 3.63) is 35.4 Å². The molecular formula is C14H21NO3S. The van der Waals surface area contributed by atoms with E-state index in [0.29, 0.717) is 5.56 Å². The molecule has 0 unspecified atom stereocenters. The molecule has 1 N–H and O–H groups in total. The van der Waals surface area contributed by atoms with E-state index in [9.17, 15) is 13.2 Å². The van der Waals surface area contributed by atoms with Crippen LogP contribution in [0.25, 0.3) is 0 Å². The van der Waals surface area contributed by atoms with Gasteiger partial charge in [0.25, 0.3) is 0 Å². The summed E-state index contributed by atoms with van der Waals surface area (Å²) in [5.74, 6) is -0.0755. The molecule has 0 aliphatic rings. The molecule has 0 radical (unpaired) electrons. The maximum absolute atomic E-state index is 12.1. The van der Waals surface area contributed by atoms with Crippen LogP contribution in [-0.2, 0) is 16.3 Å². The molecule has 0 heterocycles. The number of nitrogens with one attached hydrogen (secondary N) is 1. The van der Waals surface area contributed by atoms with Gasteiger partial charge in [-0.1, -0.05) is 31.2 Å². The van der Waals surface area contributed by atoms with Crippen molar-refractivity contribution in [1.29, 1.82) is 0 Å². The lowest BCUT2D eigenvalue weighted by atomic mass is 10.00. The first-order valence-electron chi connectivity index (χ1n) is 6.46. The van der Waals surface area contributed by atoms with Gasteiger partial charge >= 0.3 is 0 Å². The topological polar surface area (TPSA) is 63.2 Å². The fourth-order valence-corrected chi connectivity index (χ4v) is 2.58. The summed E-state index contributed by atoms with van der Waals surface area (Å²) < 4.78 is 22.9. The van der Waals surface area contributed by atoms with Crippen molar-refractivity contribution in [3.8, 4) is 0 Å². The number of carbonyl (C=O) groups is 1. The van der Waals surface area contributed by atoms with Crippen LogP contribution in [0, 0.1) is 0 Å². The standard InChI is InChI=1S/C14H21NO3S/c1-3-19(17,18)11-9-14(16)13-7-5-4-6-12(13)8-10-15-2/h4-7,15H,3,8-11H2,1-2H3. The Bertz CT molecular complexity index is 523. The predicted octanol–water partition coefficient (Wildman–Crippen LogP) is 1.46. The molecule has 1 rings (SSSR count). The molecule has 19 heavy (non-hydrogen) atoms. The summed E-state index contributed by atoms with van der Waals surface area (Å²) in [7, 11) is -1.23. The van der Waals surface area contributed by atoms with Gasteiger partial charge in [0.1, 0.15) is 9.84 Å². The van der Waals surface area contributed by atoms with E-state index in [2.05, 4.69) is 5.32 Å². The van der Waals surface area contributed by atoms with Crippen molar-refractivity contribution in [2.45, 2.75) is 19.8 Å². The highest BCUT2D eigenvalue weighted by Crippen LogP contribution is 2.12. The Labute approximate surface area is 115 Å². The molecule has 0 amide bonds. The van der Waals surface area contributed by atoms with Crippen LogP contribution in [0.3, 0.4) is 0 Å². The fourth-order valence-electron chi connectivity index (χ4n) is 1.80. The average Bonchev–Trinajstić information content (AvgIpc) is 2.43. The van der Waals surface area contributed by atoms with Crippen LogP contribution >= 0.6 is 0 Å². The molecule has 1 aromatic rings. The quantitative estimate of drug-likeness (QED) is 0.734. The van der Waals surface area contributed by atoms with Crippen LogP contribution < -0.4 is 5.32 Å². The Kier molecular flexibility index (Phi) is 6.18. The molecule has 106 valence electrons. The van der Waals surface area contributed by atoms with Gasteiger partial charge in [-0.2, -0.15) is 0 Å². The third-order valence-corrected chi connectivity index (χ3v) is 4.75. The summed E-state index contributed by atoms with van der Waals surface area (Å²) in [6.45, 7) is 2.39. The van der Waals surface area contributed by atoms with Crippen LogP contribution in [0.2, 0.25) is 0 Å². The van der Waals surface area contributed by atoms with Gasteiger partial charge in [-0.15, -0.1) is 0 Å². The van der Waals surface area contributed by atoms with Crippen LogP contribution in [0.1, 0.15) is 29.3 Å². The molecule has 0 bridgehead atoms. The van der Waals surface area contributed by atoms with Crippen molar-refractivity contribution in [2.75, 3.05) is 25.1 Å². The first-order valence-corrected chi connectivity index (χ1v) is 8.28. The lowest BCUT2D eigenvalue weighted by Crippen LogP contribution is -2.16. The largest absolute Gasteiger partial charge is 0.319 e. The van der Waals surface area contributed by atoms with Gasteiger partial charge in [-0.05, 0) is 25.6 Å². The number of rotatable bonds is 8. The molecule has 0 aliphatic carbocycles. The van der Waals surface area contributed by atoms with Crippen LogP contribution in [0.5, 0.6) is 0 Å². The highest BCUT2D eigenvalue weighted by Gasteiger charge is 2.15. The van der Waals surface area contributed by atoms with Crippen molar-refractivity contribution in [1.82, 2.24) is 5.32 Å². The molecular weight excluding hydrogens is 262 g/mol. The number of hydrogen-bond donors (Lipinski definition) is 1. The molecule has 1 aromatic carbocycles. The summed E-state index contributed by atoms with van der Waals surface area (Å²) in [5.41, 5.74) is 1.61. The number of carbonyl (C=O) groups excluding carboxylic acids is 1. The number of hydrogen-bond acceptors (Lipinski definition) is 4. The highest BCUT2D eigenvalue weighted by atomic mass is 32.2. The Morgan fingerprint density at radius 1 is 1.26 bits per heavy atom. The maximum atomic E-state index is 12.1. The number of benzene rings is 1. The van der Waals surface area contributed by atoms with Crippen molar-refractivity contribution < 1.29 is 13.2 Å². The summed E-state index contributed by atoms with van der Waals surface area (Å²) in [6, 6.07) is 7.39. The van der Waals surface area contributed by atoms with Gasteiger partial charge in [-0.25, -0.2) is 8.42 Å². The minimum atomic E-state index is -3.09. The second-order valence-electron chi connectivity index (χ2n) is 4.42. The van der Waals surface area contributed by atoms with Gasteiger partial charge in [-0.3, -0.25) is 4.79 Å². The Morgan fingerprint density at radius 2 is 1.95 bits per heavy atom. The van der Waals surface area contributed by atoms with E-state index in [-0.39, 0.29) is 23.7 Å². The van der Waals surface area contributed by atoms with E-state index >= 15 is 0 Å². The third kappa shape index (κ3) is 5.12. The molecule has 0 fully saturated rings. The minimum Gasteiger partial charge on any atom is -0.319 e. The van der Waals surface area contributed by atoms with Crippen molar-refractivity contribution >= 4 is 15.6 Å². The highest BCUT2D eigenvalue weighted by molar-refractivity contribution is 7.91. The summed E-state index contributed by atoms with van der Waals surface area (Å²) in [4.78, 5) is 12.1. The SMILES string of the molecule is CCS(=O)(=O)CCC(=O)c1ccccc1CCNC. The van der Waals surface area contributed by atoms with Gasteiger partial charge in [0.05, 0.1) is 5.75 Å². The first kappa shape index (κ1) is 15.9. The minimum absolute atomic E-state index is 0.0622. The molecule has 0 atom stereocenters. The molecule has 5 heteroatoms. The van der Waals surface area contributed by atoms with Crippen molar-refractivity contribution in [2.24, 2.45) is 0 Å². The van der Waals surface area contributed by atoms with E-state index in [1.54, 1.807) is 13.0 Å². The van der Waals surface area contributed by atoms with Gasteiger partial charge < -0.3 is 5.32 Å². The maximum Gasteiger partial charge on any atom is 0.164 e. The summed E-state index contributed by atoms with van der Waals surface area (Å²) in [5, 5.41) is 3.04. The lowest BCUT2D eigenvalue weighted by molar-refractivity contribution is 0.0988. The molecule has 0 saturated heterocycles. The zero-order chi connectivity index (χ0) is 14.3. The number of likely N-dealkylation sites (N-methyl/N-ethyl adjacent to an activating group) is 1. The zero-order valence-electron chi connectivity index (χ0n) is 11.5. The molecule has 0 saturated carbocycles. The Balaban J connectivity index is 2.76. The Hall–Kier alpha value is -1.20. The molecule has 4 nitrogen and oxygen atoms in total. The van der Waals surface area contributed by atoms with Crippen LogP contribution in [0.4, 0.5) is 0 Å². The van der Waals surface area contributed by atoms with E-state index in [0.717, 1.165) is 18.5 Å². The monoisotopic (exact) mass is 283 g/mol. The van der Waals surface area contributed by atoms with Crippen molar-refractivity contribution in [3.63, 3.8) is 0 Å². The third-order valence-electron chi connectivity index (χ3n) is 3.04. The average molecular weight is 283 g/mol. The van der Waals surface area contributed by atoms with Crippen LogP contribution in [-0.4, -0.2) is 39.3 Å². The first-order chi connectivity index (χ1) is 9.00. The zero-order valence-corrected chi connectivity index (χ0v) is 12.3. The van der Waals surface area contributed by atoms with Crippen LogP contribution in [0.15, 0.2) is 24.3 Å². The van der Waals surface area contributed by atoms with Gasteiger partial charge in [0.2, 0.25) is 0 Å². The van der Waals surface area contributed by atoms with E-state index < -0.39 is 9.84 Å². The molecule has 0 aromatic heterocycles. The van der Waals surface area contributed by atoms with Gasteiger partial charge in [0, 0.05) is 17.7 Å². The fraction of sp³-hybridized carbons (Fsp3) is 0.500. The summed E-state index contributed by atoms with van der Waals surface area (Å²) >= 11 is 0. The normalized spacial score (nSPS) is 11.5. The number of Topliss-reactive ketones (excluding diaryl/α,β-unsaturated/α-hetero) is 1. The second-order valence-corrected chi connectivity index (χ2v) is 6.89. The molecule has 0 aliphatic heterocycles.